The standard InChI is InChI=1S/C21H23N3O3S/c1-15(25)16-2-5-18(6-3-16)23-8-10-24(11-9-23)21(28)22-17-4-7-19-20(14-17)27-13-12-26-19/h2-7,14H,8-13H2,1H3,(H,22,28). The first kappa shape index (κ1) is 18.6. The summed E-state index contributed by atoms with van der Waals surface area (Å²) in [4.78, 5) is 15.9. The number of carbonyl (C=O) groups is 1. The second-order valence-electron chi connectivity index (χ2n) is 6.87. The maximum absolute atomic E-state index is 11.4. The zero-order chi connectivity index (χ0) is 19.5. The van der Waals surface area contributed by atoms with Gasteiger partial charge in [-0.05, 0) is 55.5 Å². The highest BCUT2D eigenvalue weighted by atomic mass is 32.1. The van der Waals surface area contributed by atoms with E-state index in [0.717, 1.165) is 54.6 Å². The third-order valence-electron chi connectivity index (χ3n) is 5.00. The lowest BCUT2D eigenvalue weighted by Crippen LogP contribution is -2.50. The number of rotatable bonds is 3. The highest BCUT2D eigenvalue weighted by molar-refractivity contribution is 7.80. The van der Waals surface area contributed by atoms with E-state index in [4.69, 9.17) is 21.7 Å². The van der Waals surface area contributed by atoms with Crippen LogP contribution >= 0.6 is 12.2 Å². The summed E-state index contributed by atoms with van der Waals surface area (Å²) in [6.45, 7) is 6.17. The summed E-state index contributed by atoms with van der Waals surface area (Å²) in [5.41, 5.74) is 2.78. The zero-order valence-electron chi connectivity index (χ0n) is 15.8. The molecule has 0 aromatic heterocycles. The normalized spacial score (nSPS) is 15.9. The molecule has 2 aliphatic rings. The van der Waals surface area contributed by atoms with Crippen LogP contribution in [0, 0.1) is 0 Å². The van der Waals surface area contributed by atoms with Crippen molar-refractivity contribution in [1.29, 1.82) is 0 Å². The molecule has 0 spiro atoms. The maximum Gasteiger partial charge on any atom is 0.173 e. The quantitative estimate of drug-likeness (QED) is 0.631. The number of ketones is 1. The fourth-order valence-electron chi connectivity index (χ4n) is 3.40. The average Bonchev–Trinajstić information content (AvgIpc) is 2.74. The van der Waals surface area contributed by atoms with Gasteiger partial charge >= 0.3 is 0 Å². The van der Waals surface area contributed by atoms with Crippen LogP contribution in [0.25, 0.3) is 0 Å². The first-order valence-corrected chi connectivity index (χ1v) is 9.82. The van der Waals surface area contributed by atoms with Crippen LogP contribution in [0.5, 0.6) is 11.5 Å². The molecule has 0 unspecified atom stereocenters. The Labute approximate surface area is 170 Å². The number of ether oxygens (including phenoxy) is 2. The van der Waals surface area contributed by atoms with Crippen molar-refractivity contribution in [1.82, 2.24) is 4.90 Å². The molecule has 2 aliphatic heterocycles. The Morgan fingerprint density at radius 2 is 1.64 bits per heavy atom. The van der Waals surface area contributed by atoms with Gasteiger partial charge in [0.15, 0.2) is 22.4 Å². The van der Waals surface area contributed by atoms with Gasteiger partial charge in [-0.15, -0.1) is 0 Å². The Morgan fingerprint density at radius 3 is 2.32 bits per heavy atom. The van der Waals surface area contributed by atoms with Crippen LogP contribution in [0.1, 0.15) is 17.3 Å². The Balaban J connectivity index is 1.33. The number of anilines is 2. The maximum atomic E-state index is 11.4. The van der Waals surface area contributed by atoms with Crippen LogP contribution in [0.2, 0.25) is 0 Å². The third-order valence-corrected chi connectivity index (χ3v) is 5.36. The third kappa shape index (κ3) is 4.04. The second-order valence-corrected chi connectivity index (χ2v) is 7.25. The van der Waals surface area contributed by atoms with Crippen molar-refractivity contribution in [2.45, 2.75) is 6.92 Å². The lowest BCUT2D eigenvalue weighted by atomic mass is 10.1. The van der Waals surface area contributed by atoms with Crippen LogP contribution in [0.4, 0.5) is 11.4 Å². The van der Waals surface area contributed by atoms with Gasteiger partial charge in [-0.2, -0.15) is 0 Å². The summed E-state index contributed by atoms with van der Waals surface area (Å²) in [6.07, 6.45) is 0. The van der Waals surface area contributed by atoms with E-state index < -0.39 is 0 Å². The van der Waals surface area contributed by atoms with Crippen LogP contribution in [-0.2, 0) is 0 Å². The molecule has 0 aliphatic carbocycles. The number of hydrogen-bond donors (Lipinski definition) is 1. The van der Waals surface area contributed by atoms with E-state index in [2.05, 4.69) is 15.1 Å². The summed E-state index contributed by atoms with van der Waals surface area (Å²) in [5, 5.41) is 4.01. The molecule has 28 heavy (non-hydrogen) atoms. The Bertz CT molecular complexity index is 877. The summed E-state index contributed by atoms with van der Waals surface area (Å²) in [7, 11) is 0. The molecule has 0 radical (unpaired) electrons. The number of Topliss-reactive ketones (excluding diaryl/α,β-unsaturated/α-hetero) is 1. The number of fused-ring (bicyclic) bond motifs is 1. The van der Waals surface area contributed by atoms with Gasteiger partial charge in [-0.1, -0.05) is 0 Å². The smallest absolute Gasteiger partial charge is 0.173 e. The first-order chi connectivity index (χ1) is 13.6. The Morgan fingerprint density at radius 1 is 0.964 bits per heavy atom. The summed E-state index contributed by atoms with van der Waals surface area (Å²) >= 11 is 5.60. The number of piperazine rings is 1. The molecule has 1 saturated heterocycles. The van der Waals surface area contributed by atoms with Crippen molar-refractivity contribution < 1.29 is 14.3 Å². The molecule has 0 atom stereocenters. The summed E-state index contributed by atoms with van der Waals surface area (Å²) in [6, 6.07) is 13.6. The minimum absolute atomic E-state index is 0.0898. The van der Waals surface area contributed by atoms with Gasteiger partial charge in [0.2, 0.25) is 0 Å². The van der Waals surface area contributed by atoms with Crippen molar-refractivity contribution in [3.05, 3.63) is 48.0 Å². The predicted octanol–water partition coefficient (Wildman–Crippen LogP) is 3.18. The van der Waals surface area contributed by atoms with Crippen molar-refractivity contribution in [2.24, 2.45) is 0 Å². The molecule has 6 nitrogen and oxygen atoms in total. The molecule has 2 aromatic rings. The van der Waals surface area contributed by atoms with Crippen LogP contribution < -0.4 is 19.7 Å². The monoisotopic (exact) mass is 397 g/mol. The van der Waals surface area contributed by atoms with Gasteiger partial charge in [0.1, 0.15) is 13.2 Å². The lowest BCUT2D eigenvalue weighted by molar-refractivity contribution is 0.101. The Hall–Kier alpha value is -2.80. The van der Waals surface area contributed by atoms with Crippen molar-refractivity contribution in [2.75, 3.05) is 49.6 Å². The van der Waals surface area contributed by atoms with E-state index in [0.29, 0.717) is 18.3 Å². The minimum Gasteiger partial charge on any atom is -0.486 e. The molecule has 7 heteroatoms. The first-order valence-electron chi connectivity index (χ1n) is 9.42. The molecular formula is C21H23N3O3S. The number of hydrogen-bond acceptors (Lipinski definition) is 5. The predicted molar refractivity (Wildman–Crippen MR) is 114 cm³/mol. The number of nitrogens with zero attached hydrogens (tertiary/aromatic N) is 2. The van der Waals surface area contributed by atoms with Gasteiger partial charge in [0, 0.05) is 49.2 Å². The number of benzene rings is 2. The van der Waals surface area contributed by atoms with Gasteiger partial charge in [0.05, 0.1) is 0 Å². The molecule has 4 rings (SSSR count). The van der Waals surface area contributed by atoms with Gasteiger partial charge in [-0.25, -0.2) is 0 Å². The fraction of sp³-hybridized carbons (Fsp3) is 0.333. The molecule has 0 saturated carbocycles. The minimum atomic E-state index is 0.0898. The number of thiocarbonyl (C=S) groups is 1. The van der Waals surface area contributed by atoms with E-state index in [1.165, 1.54) is 0 Å². The average molecular weight is 398 g/mol. The molecule has 2 heterocycles. The van der Waals surface area contributed by atoms with Crippen molar-refractivity contribution in [3.63, 3.8) is 0 Å². The zero-order valence-corrected chi connectivity index (χ0v) is 16.6. The molecule has 0 amide bonds. The number of carbonyl (C=O) groups excluding carboxylic acids is 1. The topological polar surface area (TPSA) is 54.0 Å². The molecule has 2 aromatic carbocycles. The Kier molecular flexibility index (Phi) is 5.34. The second kappa shape index (κ2) is 8.06. The van der Waals surface area contributed by atoms with Gasteiger partial charge in [-0.3, -0.25) is 4.79 Å². The molecule has 1 N–H and O–H groups in total. The largest absolute Gasteiger partial charge is 0.486 e. The van der Waals surface area contributed by atoms with E-state index in [1.54, 1.807) is 6.92 Å². The SMILES string of the molecule is CC(=O)c1ccc(N2CCN(C(=S)Nc3ccc4c(c3)OCCO4)CC2)cc1. The highest BCUT2D eigenvalue weighted by Gasteiger charge is 2.20. The van der Waals surface area contributed by atoms with Crippen LogP contribution in [-0.4, -0.2) is 55.2 Å². The van der Waals surface area contributed by atoms with Gasteiger partial charge < -0.3 is 24.6 Å². The summed E-state index contributed by atoms with van der Waals surface area (Å²) < 4.78 is 11.2. The number of nitrogens with one attached hydrogen (secondary N) is 1. The summed E-state index contributed by atoms with van der Waals surface area (Å²) in [5.74, 6) is 1.61. The van der Waals surface area contributed by atoms with E-state index in [9.17, 15) is 4.79 Å². The lowest BCUT2D eigenvalue weighted by Gasteiger charge is -2.37. The van der Waals surface area contributed by atoms with Gasteiger partial charge in [0.25, 0.3) is 0 Å². The molecule has 1 fully saturated rings. The fourth-order valence-corrected chi connectivity index (χ4v) is 3.70. The molecule has 0 bridgehead atoms. The van der Waals surface area contributed by atoms with E-state index in [1.807, 2.05) is 42.5 Å². The molecular weight excluding hydrogens is 374 g/mol. The van der Waals surface area contributed by atoms with E-state index >= 15 is 0 Å². The van der Waals surface area contributed by atoms with Crippen LogP contribution in [0.15, 0.2) is 42.5 Å². The van der Waals surface area contributed by atoms with Crippen molar-refractivity contribution >= 4 is 34.5 Å². The van der Waals surface area contributed by atoms with Crippen molar-refractivity contribution in [3.8, 4) is 11.5 Å². The van der Waals surface area contributed by atoms with Crippen LogP contribution in [0.3, 0.4) is 0 Å². The van der Waals surface area contributed by atoms with E-state index in [-0.39, 0.29) is 5.78 Å². The molecule has 146 valence electrons. The highest BCUT2D eigenvalue weighted by Crippen LogP contribution is 2.32.